The SMILES string of the molecule is O=C(CC(F)CF)N1CCOCC1. The molecule has 0 N–H and O–H groups in total. The van der Waals surface area contributed by atoms with Crippen molar-refractivity contribution in [3.05, 3.63) is 0 Å². The van der Waals surface area contributed by atoms with Crippen LogP contribution in [0.25, 0.3) is 0 Å². The van der Waals surface area contributed by atoms with Crippen LogP contribution in [0.2, 0.25) is 0 Å². The van der Waals surface area contributed by atoms with Crippen LogP contribution < -0.4 is 0 Å². The van der Waals surface area contributed by atoms with E-state index < -0.39 is 12.8 Å². The van der Waals surface area contributed by atoms with Crippen molar-refractivity contribution in [3.63, 3.8) is 0 Å². The van der Waals surface area contributed by atoms with Crippen molar-refractivity contribution >= 4 is 5.91 Å². The van der Waals surface area contributed by atoms with E-state index in [1.807, 2.05) is 0 Å². The van der Waals surface area contributed by atoms with Gasteiger partial charge in [0.05, 0.1) is 19.6 Å². The molecule has 0 radical (unpaired) electrons. The number of morpholine rings is 1. The largest absolute Gasteiger partial charge is 0.378 e. The van der Waals surface area contributed by atoms with Crippen LogP contribution in [0.4, 0.5) is 8.78 Å². The fourth-order valence-electron chi connectivity index (χ4n) is 1.19. The lowest BCUT2D eigenvalue weighted by molar-refractivity contribution is -0.136. The van der Waals surface area contributed by atoms with Gasteiger partial charge in [0.15, 0.2) is 0 Å². The fourth-order valence-corrected chi connectivity index (χ4v) is 1.19. The van der Waals surface area contributed by atoms with Crippen molar-refractivity contribution in [3.8, 4) is 0 Å². The second-order valence-electron chi connectivity index (χ2n) is 2.95. The summed E-state index contributed by atoms with van der Waals surface area (Å²) in [6, 6.07) is 0. The van der Waals surface area contributed by atoms with Gasteiger partial charge >= 0.3 is 0 Å². The molecule has 3 nitrogen and oxygen atoms in total. The summed E-state index contributed by atoms with van der Waals surface area (Å²) in [5.74, 6) is -0.326. The van der Waals surface area contributed by atoms with Crippen molar-refractivity contribution in [2.75, 3.05) is 33.0 Å². The molecule has 0 aromatic heterocycles. The Morgan fingerprint density at radius 2 is 2.08 bits per heavy atom. The molecule has 1 aliphatic rings. The highest BCUT2D eigenvalue weighted by molar-refractivity contribution is 5.76. The summed E-state index contributed by atoms with van der Waals surface area (Å²) in [4.78, 5) is 12.7. The predicted octanol–water partition coefficient (Wildman–Crippen LogP) is 0.543. The topological polar surface area (TPSA) is 29.5 Å². The minimum Gasteiger partial charge on any atom is -0.378 e. The molecule has 1 atom stereocenters. The second kappa shape index (κ2) is 5.11. The van der Waals surface area contributed by atoms with Gasteiger partial charge in [0.25, 0.3) is 0 Å². The summed E-state index contributed by atoms with van der Waals surface area (Å²) in [5, 5.41) is 0. The first-order chi connectivity index (χ1) is 6.24. The third-order valence-electron chi connectivity index (χ3n) is 1.93. The lowest BCUT2D eigenvalue weighted by atomic mass is 10.2. The molecule has 0 aliphatic carbocycles. The van der Waals surface area contributed by atoms with E-state index in [9.17, 15) is 13.6 Å². The Balaban J connectivity index is 2.29. The summed E-state index contributed by atoms with van der Waals surface area (Å²) in [6.45, 7) is 0.850. The van der Waals surface area contributed by atoms with E-state index in [2.05, 4.69) is 0 Å². The molecule has 5 heteroatoms. The Morgan fingerprint density at radius 3 is 2.62 bits per heavy atom. The lowest BCUT2D eigenvalue weighted by Gasteiger charge is -2.27. The normalized spacial score (nSPS) is 20.0. The number of alkyl halides is 2. The summed E-state index contributed by atoms with van der Waals surface area (Å²) in [5.41, 5.74) is 0. The molecule has 1 saturated heterocycles. The number of amides is 1. The fraction of sp³-hybridized carbons (Fsp3) is 0.875. The minimum absolute atomic E-state index is 0.326. The van der Waals surface area contributed by atoms with Crippen LogP contribution in [0.5, 0.6) is 0 Å². The van der Waals surface area contributed by atoms with E-state index in [0.29, 0.717) is 26.3 Å². The number of rotatable bonds is 3. The quantitative estimate of drug-likeness (QED) is 0.654. The molecule has 0 saturated carbocycles. The van der Waals surface area contributed by atoms with E-state index in [0.717, 1.165) is 0 Å². The number of carbonyl (C=O) groups is 1. The van der Waals surface area contributed by atoms with Crippen LogP contribution in [0.15, 0.2) is 0 Å². The minimum atomic E-state index is -1.66. The Morgan fingerprint density at radius 1 is 1.46 bits per heavy atom. The zero-order valence-corrected chi connectivity index (χ0v) is 7.34. The average molecular weight is 193 g/mol. The van der Waals surface area contributed by atoms with Crippen LogP contribution in [0.1, 0.15) is 6.42 Å². The van der Waals surface area contributed by atoms with Crippen LogP contribution in [-0.4, -0.2) is 50.0 Å². The summed E-state index contributed by atoms with van der Waals surface area (Å²) in [6.07, 6.45) is -2.01. The molecular weight excluding hydrogens is 180 g/mol. The number of nitrogens with zero attached hydrogens (tertiary/aromatic N) is 1. The summed E-state index contributed by atoms with van der Waals surface area (Å²) < 4.78 is 29.2. The van der Waals surface area contributed by atoms with Crippen LogP contribution >= 0.6 is 0 Å². The van der Waals surface area contributed by atoms with Crippen molar-refractivity contribution in [2.45, 2.75) is 12.6 Å². The standard InChI is InChI=1S/C8H13F2NO2/c9-6-7(10)5-8(12)11-1-3-13-4-2-11/h7H,1-6H2. The molecule has 13 heavy (non-hydrogen) atoms. The number of hydrogen-bond acceptors (Lipinski definition) is 2. The van der Waals surface area contributed by atoms with Crippen LogP contribution in [-0.2, 0) is 9.53 Å². The van der Waals surface area contributed by atoms with Gasteiger partial charge < -0.3 is 9.64 Å². The molecule has 0 spiro atoms. The average Bonchev–Trinajstić information content (AvgIpc) is 2.19. The van der Waals surface area contributed by atoms with Gasteiger partial charge in [0.2, 0.25) is 5.91 Å². The molecule has 0 aromatic rings. The highest BCUT2D eigenvalue weighted by Crippen LogP contribution is 2.05. The highest BCUT2D eigenvalue weighted by Gasteiger charge is 2.20. The first kappa shape index (κ1) is 10.4. The number of hydrogen-bond donors (Lipinski definition) is 0. The zero-order chi connectivity index (χ0) is 9.68. The van der Waals surface area contributed by atoms with Gasteiger partial charge in [-0.25, -0.2) is 8.78 Å². The second-order valence-corrected chi connectivity index (χ2v) is 2.95. The molecule has 1 heterocycles. The molecule has 1 unspecified atom stereocenters. The number of carbonyl (C=O) groups excluding carboxylic acids is 1. The molecule has 1 amide bonds. The molecule has 76 valence electrons. The van der Waals surface area contributed by atoms with E-state index in [1.54, 1.807) is 0 Å². The summed E-state index contributed by atoms with van der Waals surface area (Å²) in [7, 11) is 0. The molecule has 0 aromatic carbocycles. The molecule has 0 bridgehead atoms. The van der Waals surface area contributed by atoms with Crippen molar-refractivity contribution in [1.82, 2.24) is 4.90 Å². The van der Waals surface area contributed by atoms with Crippen molar-refractivity contribution in [1.29, 1.82) is 0 Å². The van der Waals surface area contributed by atoms with Gasteiger partial charge in [-0.3, -0.25) is 4.79 Å². The third kappa shape index (κ3) is 3.26. The smallest absolute Gasteiger partial charge is 0.225 e. The van der Waals surface area contributed by atoms with Crippen LogP contribution in [0.3, 0.4) is 0 Å². The maximum Gasteiger partial charge on any atom is 0.225 e. The maximum atomic E-state index is 12.5. The molecular formula is C8H13F2NO2. The van der Waals surface area contributed by atoms with Crippen molar-refractivity contribution in [2.24, 2.45) is 0 Å². The molecule has 1 rings (SSSR count). The van der Waals surface area contributed by atoms with E-state index in [-0.39, 0.29) is 12.3 Å². The van der Waals surface area contributed by atoms with E-state index in [4.69, 9.17) is 4.74 Å². The monoisotopic (exact) mass is 193 g/mol. The predicted molar refractivity (Wildman–Crippen MR) is 42.9 cm³/mol. The Bertz CT molecular complexity index is 172. The highest BCUT2D eigenvalue weighted by atomic mass is 19.2. The third-order valence-corrected chi connectivity index (χ3v) is 1.93. The van der Waals surface area contributed by atoms with Gasteiger partial charge in [0, 0.05) is 13.1 Å². The molecule has 1 aliphatic heterocycles. The Labute approximate surface area is 75.7 Å². The number of halogens is 2. The molecule has 1 fully saturated rings. The maximum absolute atomic E-state index is 12.5. The number of ether oxygens (including phenoxy) is 1. The summed E-state index contributed by atoms with van der Waals surface area (Å²) >= 11 is 0. The van der Waals surface area contributed by atoms with E-state index >= 15 is 0 Å². The van der Waals surface area contributed by atoms with Gasteiger partial charge in [-0.15, -0.1) is 0 Å². The van der Waals surface area contributed by atoms with Gasteiger partial charge in [0.1, 0.15) is 12.8 Å². The Kier molecular flexibility index (Phi) is 4.08. The first-order valence-electron chi connectivity index (χ1n) is 4.29. The lowest BCUT2D eigenvalue weighted by Crippen LogP contribution is -2.41. The van der Waals surface area contributed by atoms with Gasteiger partial charge in [-0.05, 0) is 0 Å². The van der Waals surface area contributed by atoms with Gasteiger partial charge in [-0.2, -0.15) is 0 Å². The Hall–Kier alpha value is -0.710. The first-order valence-corrected chi connectivity index (χ1v) is 4.29. The van der Waals surface area contributed by atoms with Crippen molar-refractivity contribution < 1.29 is 18.3 Å². The van der Waals surface area contributed by atoms with Crippen LogP contribution in [0, 0.1) is 0 Å². The zero-order valence-electron chi connectivity index (χ0n) is 7.34. The van der Waals surface area contributed by atoms with E-state index in [1.165, 1.54) is 4.90 Å². The van der Waals surface area contributed by atoms with Gasteiger partial charge in [-0.1, -0.05) is 0 Å².